The molecule has 1 aromatic carbocycles. The molecule has 0 atom stereocenters. The fourth-order valence-electron chi connectivity index (χ4n) is 1.29. The van der Waals surface area contributed by atoms with Gasteiger partial charge in [0.15, 0.2) is 11.6 Å². The number of nitrogens with zero attached hydrogens (tertiary/aromatic N) is 2. The van der Waals surface area contributed by atoms with E-state index >= 15 is 0 Å². The monoisotopic (exact) mass is 182 g/mol. The summed E-state index contributed by atoms with van der Waals surface area (Å²) >= 11 is 0. The van der Waals surface area contributed by atoms with Gasteiger partial charge in [-0.05, 0) is 0 Å². The van der Waals surface area contributed by atoms with Gasteiger partial charge in [-0.3, -0.25) is 4.99 Å². The number of halogens is 2. The minimum absolute atomic E-state index is 0.479. The normalized spacial score (nSPS) is 14.5. The second-order valence-corrected chi connectivity index (χ2v) is 2.95. The third kappa shape index (κ3) is 1.28. The SMILES string of the molecule is CN1CC=Nc2cc(F)c(F)cc21. The zero-order valence-electron chi connectivity index (χ0n) is 7.09. The lowest BCUT2D eigenvalue weighted by atomic mass is 10.2. The number of aliphatic imine (C=N–C) groups is 1. The third-order valence-electron chi connectivity index (χ3n) is 2.01. The van der Waals surface area contributed by atoms with Crippen LogP contribution in [0.25, 0.3) is 0 Å². The van der Waals surface area contributed by atoms with E-state index < -0.39 is 11.6 Å². The molecule has 2 nitrogen and oxygen atoms in total. The van der Waals surface area contributed by atoms with E-state index in [2.05, 4.69) is 4.99 Å². The molecule has 0 unspecified atom stereocenters. The molecule has 1 heterocycles. The van der Waals surface area contributed by atoms with Crippen molar-refractivity contribution in [3.8, 4) is 0 Å². The summed E-state index contributed by atoms with van der Waals surface area (Å²) in [4.78, 5) is 5.78. The Kier molecular flexibility index (Phi) is 1.76. The minimum Gasteiger partial charge on any atom is -0.367 e. The van der Waals surface area contributed by atoms with E-state index in [0.717, 1.165) is 6.07 Å². The molecule has 2 rings (SSSR count). The maximum absolute atomic E-state index is 12.8. The standard InChI is InChI=1S/C9H8F2N2/c1-13-3-2-12-8-4-6(10)7(11)5-9(8)13/h2,4-5H,3H2,1H3. The van der Waals surface area contributed by atoms with Crippen molar-refractivity contribution in [2.45, 2.75) is 0 Å². The molecule has 0 radical (unpaired) electrons. The van der Waals surface area contributed by atoms with Crippen molar-refractivity contribution in [3.05, 3.63) is 23.8 Å². The Bertz CT molecular complexity index is 374. The van der Waals surface area contributed by atoms with Gasteiger partial charge < -0.3 is 4.90 Å². The lowest BCUT2D eigenvalue weighted by Gasteiger charge is -2.22. The number of hydrogen-bond donors (Lipinski definition) is 0. The summed E-state index contributed by atoms with van der Waals surface area (Å²) in [5.74, 6) is -1.69. The largest absolute Gasteiger partial charge is 0.367 e. The Morgan fingerprint density at radius 3 is 2.77 bits per heavy atom. The Hall–Kier alpha value is -1.45. The van der Waals surface area contributed by atoms with Gasteiger partial charge in [0, 0.05) is 25.4 Å². The van der Waals surface area contributed by atoms with E-state index in [1.165, 1.54) is 6.07 Å². The first-order valence-corrected chi connectivity index (χ1v) is 3.91. The van der Waals surface area contributed by atoms with Crippen LogP contribution in [0, 0.1) is 11.6 Å². The molecule has 4 heteroatoms. The van der Waals surface area contributed by atoms with Crippen molar-refractivity contribution in [2.75, 3.05) is 18.5 Å². The van der Waals surface area contributed by atoms with E-state index in [4.69, 9.17) is 0 Å². The highest BCUT2D eigenvalue weighted by molar-refractivity contribution is 5.81. The van der Waals surface area contributed by atoms with Crippen LogP contribution in [0.1, 0.15) is 0 Å². The van der Waals surface area contributed by atoms with E-state index in [0.29, 0.717) is 17.9 Å². The van der Waals surface area contributed by atoms with Crippen LogP contribution in [-0.4, -0.2) is 19.8 Å². The second-order valence-electron chi connectivity index (χ2n) is 2.95. The molecule has 0 bridgehead atoms. The fraction of sp³-hybridized carbons (Fsp3) is 0.222. The summed E-state index contributed by atoms with van der Waals surface area (Å²) in [5.41, 5.74) is 1.11. The summed E-state index contributed by atoms with van der Waals surface area (Å²) in [7, 11) is 1.81. The number of benzene rings is 1. The molecule has 0 saturated heterocycles. The molecule has 1 aliphatic rings. The van der Waals surface area contributed by atoms with Crippen molar-refractivity contribution >= 4 is 17.6 Å². The van der Waals surface area contributed by atoms with Crippen molar-refractivity contribution in [2.24, 2.45) is 4.99 Å². The summed E-state index contributed by atoms with van der Waals surface area (Å²) in [6.45, 7) is 0.623. The van der Waals surface area contributed by atoms with Crippen molar-refractivity contribution < 1.29 is 8.78 Å². The van der Waals surface area contributed by atoms with Gasteiger partial charge in [-0.15, -0.1) is 0 Å². The Morgan fingerprint density at radius 1 is 1.31 bits per heavy atom. The highest BCUT2D eigenvalue weighted by atomic mass is 19.2. The third-order valence-corrected chi connectivity index (χ3v) is 2.01. The first-order chi connectivity index (χ1) is 6.18. The number of rotatable bonds is 0. The predicted octanol–water partition coefficient (Wildman–Crippen LogP) is 2.12. The summed E-state index contributed by atoms with van der Waals surface area (Å²) in [5, 5.41) is 0. The van der Waals surface area contributed by atoms with Gasteiger partial charge in [0.2, 0.25) is 0 Å². The molecule has 0 aliphatic carbocycles. The topological polar surface area (TPSA) is 15.6 Å². The molecule has 68 valence electrons. The first-order valence-electron chi connectivity index (χ1n) is 3.91. The number of hydrogen-bond acceptors (Lipinski definition) is 2. The Balaban J connectivity index is 2.60. The van der Waals surface area contributed by atoms with Crippen LogP contribution in [0.3, 0.4) is 0 Å². The van der Waals surface area contributed by atoms with Gasteiger partial charge in [0.05, 0.1) is 17.9 Å². The van der Waals surface area contributed by atoms with Gasteiger partial charge >= 0.3 is 0 Å². The van der Waals surface area contributed by atoms with Crippen molar-refractivity contribution in [1.29, 1.82) is 0 Å². The van der Waals surface area contributed by atoms with Crippen molar-refractivity contribution in [3.63, 3.8) is 0 Å². The molecule has 0 saturated carbocycles. The van der Waals surface area contributed by atoms with Crippen LogP contribution < -0.4 is 4.90 Å². The van der Waals surface area contributed by atoms with Crippen LogP contribution in [-0.2, 0) is 0 Å². The van der Waals surface area contributed by atoms with E-state index in [9.17, 15) is 8.78 Å². The molecule has 13 heavy (non-hydrogen) atoms. The molecule has 0 N–H and O–H groups in total. The average Bonchev–Trinajstić information content (AvgIpc) is 2.09. The molecule has 0 fully saturated rings. The smallest absolute Gasteiger partial charge is 0.161 e. The quantitative estimate of drug-likeness (QED) is 0.600. The molecule has 0 amide bonds. The lowest BCUT2D eigenvalue weighted by molar-refractivity contribution is 0.509. The Morgan fingerprint density at radius 2 is 2.00 bits per heavy atom. The van der Waals surface area contributed by atoms with Gasteiger partial charge in [0.25, 0.3) is 0 Å². The molecular formula is C9H8F2N2. The van der Waals surface area contributed by atoms with E-state index in [-0.39, 0.29) is 0 Å². The highest BCUT2D eigenvalue weighted by Crippen LogP contribution is 2.31. The molecule has 0 spiro atoms. The van der Waals surface area contributed by atoms with Crippen LogP contribution in [0.5, 0.6) is 0 Å². The Labute approximate surface area is 74.5 Å². The summed E-state index contributed by atoms with van der Waals surface area (Å²) < 4.78 is 25.6. The molecular weight excluding hydrogens is 174 g/mol. The zero-order chi connectivity index (χ0) is 9.42. The average molecular weight is 182 g/mol. The van der Waals surface area contributed by atoms with Gasteiger partial charge in [-0.25, -0.2) is 8.78 Å². The second kappa shape index (κ2) is 2.80. The minimum atomic E-state index is -0.855. The zero-order valence-corrected chi connectivity index (χ0v) is 7.09. The first kappa shape index (κ1) is 8.16. The number of anilines is 1. The number of fused-ring (bicyclic) bond motifs is 1. The van der Waals surface area contributed by atoms with E-state index in [1.54, 1.807) is 13.3 Å². The van der Waals surface area contributed by atoms with Crippen LogP contribution >= 0.6 is 0 Å². The maximum atomic E-state index is 12.8. The van der Waals surface area contributed by atoms with Gasteiger partial charge in [0.1, 0.15) is 0 Å². The fourth-order valence-corrected chi connectivity index (χ4v) is 1.29. The lowest BCUT2D eigenvalue weighted by Crippen LogP contribution is -2.22. The van der Waals surface area contributed by atoms with Crippen LogP contribution in [0.15, 0.2) is 17.1 Å². The van der Waals surface area contributed by atoms with Gasteiger partial charge in [-0.2, -0.15) is 0 Å². The maximum Gasteiger partial charge on any atom is 0.161 e. The van der Waals surface area contributed by atoms with Gasteiger partial charge in [-0.1, -0.05) is 0 Å². The highest BCUT2D eigenvalue weighted by Gasteiger charge is 2.14. The molecule has 1 aromatic rings. The summed E-state index contributed by atoms with van der Waals surface area (Å²) in [6.07, 6.45) is 1.67. The molecule has 0 aromatic heterocycles. The molecule has 1 aliphatic heterocycles. The predicted molar refractivity (Wildman–Crippen MR) is 47.8 cm³/mol. The van der Waals surface area contributed by atoms with Crippen molar-refractivity contribution in [1.82, 2.24) is 0 Å². The van der Waals surface area contributed by atoms with Crippen LogP contribution in [0.2, 0.25) is 0 Å². The van der Waals surface area contributed by atoms with E-state index in [1.807, 2.05) is 4.90 Å². The summed E-state index contributed by atoms with van der Waals surface area (Å²) in [6, 6.07) is 2.28. The van der Waals surface area contributed by atoms with Crippen LogP contribution in [0.4, 0.5) is 20.2 Å².